The number of halogens is 4. The van der Waals surface area contributed by atoms with Gasteiger partial charge in [-0.25, -0.2) is 26.6 Å². The SMILES string of the molecule is CC(C)n1nc(-c2cc(F)c(NS(=O)(=O)c3cc(Cl)ccc3F)cc2F)c2c(N)ncc(C3CCC(N)CC3)c21. The molecule has 2 aromatic heterocycles. The van der Waals surface area contributed by atoms with E-state index in [0.29, 0.717) is 17.0 Å². The number of hydrogen-bond acceptors (Lipinski definition) is 6. The Kier molecular flexibility index (Phi) is 7.45. The van der Waals surface area contributed by atoms with Crippen molar-refractivity contribution in [3.63, 3.8) is 0 Å². The standard InChI is InChI=1S/C27H28ClF3N6O2S/c1-13(2)37-26-18(14-3-6-16(32)7-4-14)12-34-27(33)24(26)25(35-37)17-10-21(31)22(11-20(17)30)36-40(38,39)23-9-15(28)5-8-19(23)29/h5,8-14,16,36H,3-4,6-7,32H2,1-2H3,(H2,33,34). The summed E-state index contributed by atoms with van der Waals surface area (Å²) in [6, 6.07) is 4.42. The summed E-state index contributed by atoms with van der Waals surface area (Å²) in [4.78, 5) is 3.56. The smallest absolute Gasteiger partial charge is 0.264 e. The van der Waals surface area contributed by atoms with Crippen molar-refractivity contribution in [2.45, 2.75) is 62.4 Å². The van der Waals surface area contributed by atoms with Crippen molar-refractivity contribution in [3.05, 3.63) is 64.6 Å². The predicted molar refractivity (Wildman–Crippen MR) is 149 cm³/mol. The summed E-state index contributed by atoms with van der Waals surface area (Å²) in [7, 11) is -4.63. The molecular formula is C27H28ClF3N6O2S. The molecule has 2 heterocycles. The number of nitrogens with one attached hydrogen (secondary N) is 1. The van der Waals surface area contributed by atoms with Crippen LogP contribution in [-0.4, -0.2) is 29.2 Å². The minimum Gasteiger partial charge on any atom is -0.383 e. The van der Waals surface area contributed by atoms with E-state index < -0.39 is 38.1 Å². The summed E-state index contributed by atoms with van der Waals surface area (Å²) in [6.45, 7) is 3.83. The Hall–Kier alpha value is -3.35. The van der Waals surface area contributed by atoms with Crippen molar-refractivity contribution in [2.24, 2.45) is 5.73 Å². The molecule has 5 N–H and O–H groups in total. The number of fused-ring (bicyclic) bond motifs is 1. The van der Waals surface area contributed by atoms with E-state index in [-0.39, 0.29) is 40.1 Å². The quantitative estimate of drug-likeness (QED) is 0.247. The zero-order valence-corrected chi connectivity index (χ0v) is 23.3. The highest BCUT2D eigenvalue weighted by Gasteiger charge is 2.29. The summed E-state index contributed by atoms with van der Waals surface area (Å²) >= 11 is 5.80. The molecule has 0 unspecified atom stereocenters. The molecule has 1 fully saturated rings. The zero-order chi connectivity index (χ0) is 28.9. The Bertz CT molecular complexity index is 1720. The highest BCUT2D eigenvalue weighted by Crippen LogP contribution is 2.42. The molecule has 2 aromatic carbocycles. The van der Waals surface area contributed by atoms with Gasteiger partial charge >= 0.3 is 0 Å². The van der Waals surface area contributed by atoms with E-state index in [4.69, 9.17) is 23.1 Å². The number of nitrogens with two attached hydrogens (primary N) is 2. The van der Waals surface area contributed by atoms with E-state index in [1.165, 1.54) is 6.07 Å². The van der Waals surface area contributed by atoms with Crippen LogP contribution in [0, 0.1) is 17.5 Å². The van der Waals surface area contributed by atoms with Crippen molar-refractivity contribution < 1.29 is 21.6 Å². The number of rotatable bonds is 6. The molecule has 0 radical (unpaired) electrons. The molecule has 8 nitrogen and oxygen atoms in total. The first-order valence-electron chi connectivity index (χ1n) is 12.8. The van der Waals surface area contributed by atoms with E-state index in [1.54, 1.807) is 10.9 Å². The molecule has 0 amide bonds. The first-order valence-corrected chi connectivity index (χ1v) is 14.6. The second-order valence-corrected chi connectivity index (χ2v) is 12.4. The van der Waals surface area contributed by atoms with E-state index >= 15 is 8.78 Å². The first-order chi connectivity index (χ1) is 18.9. The Labute approximate surface area is 234 Å². The van der Waals surface area contributed by atoms with Gasteiger partial charge in [0.15, 0.2) is 0 Å². The number of anilines is 2. The highest BCUT2D eigenvalue weighted by atomic mass is 35.5. The number of hydrogen-bond donors (Lipinski definition) is 3. The van der Waals surface area contributed by atoms with Crippen molar-refractivity contribution in [2.75, 3.05) is 10.5 Å². The van der Waals surface area contributed by atoms with E-state index in [0.717, 1.165) is 49.4 Å². The third kappa shape index (κ3) is 5.11. The van der Waals surface area contributed by atoms with Gasteiger partial charge in [0.25, 0.3) is 10.0 Å². The lowest BCUT2D eigenvalue weighted by Gasteiger charge is -2.27. The van der Waals surface area contributed by atoms with Crippen LogP contribution in [0.15, 0.2) is 41.4 Å². The fourth-order valence-electron chi connectivity index (χ4n) is 5.20. The van der Waals surface area contributed by atoms with Gasteiger partial charge in [0.05, 0.1) is 16.6 Å². The number of benzene rings is 2. The lowest BCUT2D eigenvalue weighted by Crippen LogP contribution is -2.26. The summed E-state index contributed by atoms with van der Waals surface area (Å²) < 4.78 is 74.2. The molecule has 0 spiro atoms. The topological polar surface area (TPSA) is 129 Å². The van der Waals surface area contributed by atoms with E-state index in [1.807, 2.05) is 18.6 Å². The number of pyridine rings is 1. The number of nitrogens with zero attached hydrogens (tertiary/aromatic N) is 3. The van der Waals surface area contributed by atoms with Crippen LogP contribution in [-0.2, 0) is 10.0 Å². The fourth-order valence-corrected chi connectivity index (χ4v) is 6.60. The average molecular weight is 593 g/mol. The van der Waals surface area contributed by atoms with Gasteiger partial charge in [-0.1, -0.05) is 11.6 Å². The predicted octanol–water partition coefficient (Wildman–Crippen LogP) is 6.12. The van der Waals surface area contributed by atoms with Gasteiger partial charge in [0.2, 0.25) is 0 Å². The van der Waals surface area contributed by atoms with Crippen LogP contribution in [0.4, 0.5) is 24.7 Å². The van der Waals surface area contributed by atoms with Crippen LogP contribution in [0.5, 0.6) is 0 Å². The third-order valence-electron chi connectivity index (χ3n) is 7.22. The molecule has 0 atom stereocenters. The average Bonchev–Trinajstić information content (AvgIpc) is 3.30. The van der Waals surface area contributed by atoms with Crippen molar-refractivity contribution >= 4 is 44.0 Å². The molecular weight excluding hydrogens is 565 g/mol. The molecule has 13 heteroatoms. The minimum atomic E-state index is -4.63. The van der Waals surface area contributed by atoms with E-state index in [9.17, 15) is 12.8 Å². The molecule has 1 saturated carbocycles. The van der Waals surface area contributed by atoms with Gasteiger partial charge < -0.3 is 11.5 Å². The lowest BCUT2D eigenvalue weighted by atomic mass is 9.82. The summed E-state index contributed by atoms with van der Waals surface area (Å²) in [5, 5.41) is 4.97. The van der Waals surface area contributed by atoms with Crippen LogP contribution >= 0.6 is 11.6 Å². The molecule has 0 bridgehead atoms. The van der Waals surface area contributed by atoms with Gasteiger partial charge in [-0.3, -0.25) is 9.40 Å². The van der Waals surface area contributed by atoms with Gasteiger partial charge in [0.1, 0.15) is 33.9 Å². The van der Waals surface area contributed by atoms with Gasteiger partial charge in [-0.05, 0) is 75.3 Å². The number of nitrogen functional groups attached to an aromatic ring is 1. The molecule has 1 aliphatic rings. The zero-order valence-electron chi connectivity index (χ0n) is 21.8. The minimum absolute atomic E-state index is 0.0435. The van der Waals surface area contributed by atoms with Gasteiger partial charge in [-0.15, -0.1) is 0 Å². The Morgan fingerprint density at radius 2 is 1.75 bits per heavy atom. The van der Waals surface area contributed by atoms with Crippen LogP contribution in [0.3, 0.4) is 0 Å². The summed E-state index contributed by atoms with van der Waals surface area (Å²) in [5.74, 6) is -2.90. The summed E-state index contributed by atoms with van der Waals surface area (Å²) in [5.41, 5.74) is 13.1. The Balaban J connectivity index is 1.61. The van der Waals surface area contributed by atoms with Gasteiger partial charge in [-0.2, -0.15) is 5.10 Å². The summed E-state index contributed by atoms with van der Waals surface area (Å²) in [6.07, 6.45) is 5.13. The lowest BCUT2D eigenvalue weighted by molar-refractivity contribution is 0.395. The largest absolute Gasteiger partial charge is 0.383 e. The van der Waals surface area contributed by atoms with Crippen LogP contribution in [0.1, 0.15) is 57.1 Å². The molecule has 40 heavy (non-hydrogen) atoms. The maximum Gasteiger partial charge on any atom is 0.264 e. The van der Waals surface area contributed by atoms with Gasteiger partial charge in [0, 0.05) is 34.9 Å². The maximum absolute atomic E-state index is 15.6. The fraction of sp³-hybridized carbons (Fsp3) is 0.333. The number of sulfonamides is 1. The second kappa shape index (κ2) is 10.6. The van der Waals surface area contributed by atoms with Crippen molar-refractivity contribution in [1.29, 1.82) is 0 Å². The molecule has 5 rings (SSSR count). The highest BCUT2D eigenvalue weighted by molar-refractivity contribution is 7.92. The molecule has 4 aromatic rings. The normalized spacial score (nSPS) is 18.0. The third-order valence-corrected chi connectivity index (χ3v) is 8.84. The second-order valence-electron chi connectivity index (χ2n) is 10.3. The molecule has 0 saturated heterocycles. The Morgan fingerprint density at radius 3 is 2.42 bits per heavy atom. The monoisotopic (exact) mass is 592 g/mol. The van der Waals surface area contributed by atoms with Crippen molar-refractivity contribution in [3.8, 4) is 11.3 Å². The van der Waals surface area contributed by atoms with Crippen molar-refractivity contribution in [1.82, 2.24) is 14.8 Å². The van der Waals surface area contributed by atoms with Crippen LogP contribution in [0.2, 0.25) is 5.02 Å². The molecule has 212 valence electrons. The molecule has 1 aliphatic carbocycles. The molecule has 0 aliphatic heterocycles. The first kappa shape index (κ1) is 28.2. The number of aromatic nitrogens is 3. The Morgan fingerprint density at radius 1 is 1.05 bits per heavy atom. The van der Waals surface area contributed by atoms with E-state index in [2.05, 4.69) is 10.1 Å². The van der Waals surface area contributed by atoms with Crippen LogP contribution in [0.25, 0.3) is 22.2 Å². The van der Waals surface area contributed by atoms with Crippen LogP contribution < -0.4 is 16.2 Å². The maximum atomic E-state index is 15.6.